The molecular formula is C15H14Cl2FN. The van der Waals surface area contributed by atoms with Gasteiger partial charge in [-0.1, -0.05) is 41.4 Å². The van der Waals surface area contributed by atoms with Crippen LogP contribution in [-0.4, -0.2) is 0 Å². The van der Waals surface area contributed by atoms with Gasteiger partial charge in [-0.15, -0.1) is 0 Å². The van der Waals surface area contributed by atoms with Crippen LogP contribution in [0.25, 0.3) is 0 Å². The topological polar surface area (TPSA) is 12.0 Å². The van der Waals surface area contributed by atoms with Gasteiger partial charge in [0.25, 0.3) is 0 Å². The molecule has 0 heterocycles. The number of hydrogen-bond donors (Lipinski definition) is 1. The van der Waals surface area contributed by atoms with Crippen molar-refractivity contribution >= 4 is 23.2 Å². The molecule has 0 saturated carbocycles. The average molecular weight is 298 g/mol. The highest BCUT2D eigenvalue weighted by molar-refractivity contribution is 6.31. The minimum absolute atomic E-state index is 0.139. The van der Waals surface area contributed by atoms with Crippen LogP contribution >= 0.6 is 23.2 Å². The van der Waals surface area contributed by atoms with Gasteiger partial charge in [-0.25, -0.2) is 4.39 Å². The molecule has 0 aliphatic carbocycles. The third-order valence-electron chi connectivity index (χ3n) is 2.96. The Morgan fingerprint density at radius 1 is 1.16 bits per heavy atom. The summed E-state index contributed by atoms with van der Waals surface area (Å²) >= 11 is 11.9. The summed E-state index contributed by atoms with van der Waals surface area (Å²) in [5.74, 6) is -0.323. The van der Waals surface area contributed by atoms with E-state index in [-0.39, 0.29) is 11.9 Å². The van der Waals surface area contributed by atoms with E-state index in [2.05, 4.69) is 5.32 Å². The predicted octanol–water partition coefficient (Wildman–Crippen LogP) is 4.98. The molecule has 0 aromatic heterocycles. The number of hydrogen-bond acceptors (Lipinski definition) is 1. The van der Waals surface area contributed by atoms with Crippen LogP contribution in [0.15, 0.2) is 42.5 Å². The first kappa shape index (κ1) is 14.3. The number of benzene rings is 2. The Labute approximate surface area is 122 Å². The first-order valence-corrected chi connectivity index (χ1v) is 6.74. The molecule has 2 rings (SSSR count). The van der Waals surface area contributed by atoms with Crippen molar-refractivity contribution < 1.29 is 4.39 Å². The number of halogens is 3. The molecule has 1 atom stereocenters. The van der Waals surface area contributed by atoms with Crippen LogP contribution in [-0.2, 0) is 6.54 Å². The largest absolute Gasteiger partial charge is 0.306 e. The lowest BCUT2D eigenvalue weighted by Crippen LogP contribution is -2.18. The van der Waals surface area contributed by atoms with Crippen LogP contribution in [0.3, 0.4) is 0 Å². The zero-order chi connectivity index (χ0) is 13.8. The molecule has 19 heavy (non-hydrogen) atoms. The maximum Gasteiger partial charge on any atom is 0.124 e. The molecule has 100 valence electrons. The van der Waals surface area contributed by atoms with Gasteiger partial charge in [-0.05, 0) is 42.3 Å². The molecule has 0 aliphatic heterocycles. The fourth-order valence-corrected chi connectivity index (χ4v) is 2.25. The summed E-state index contributed by atoms with van der Waals surface area (Å²) in [6.45, 7) is 2.62. The zero-order valence-electron chi connectivity index (χ0n) is 10.5. The Balaban J connectivity index is 2.02. The van der Waals surface area contributed by atoms with Crippen LogP contribution in [0.4, 0.5) is 4.39 Å². The SMILES string of the molecule is C[C@@H](NCc1ccc(F)cc1Cl)c1cccc(Cl)c1. The number of rotatable bonds is 4. The minimum Gasteiger partial charge on any atom is -0.306 e. The highest BCUT2D eigenvalue weighted by Gasteiger charge is 2.07. The Hall–Kier alpha value is -1.09. The predicted molar refractivity (Wildman–Crippen MR) is 78.1 cm³/mol. The Morgan fingerprint density at radius 3 is 2.63 bits per heavy atom. The van der Waals surface area contributed by atoms with Crippen molar-refractivity contribution in [3.63, 3.8) is 0 Å². The van der Waals surface area contributed by atoms with Crippen molar-refractivity contribution in [3.8, 4) is 0 Å². The summed E-state index contributed by atoms with van der Waals surface area (Å²) in [6, 6.07) is 12.3. The molecule has 0 amide bonds. The van der Waals surface area contributed by atoms with E-state index in [1.165, 1.54) is 12.1 Å². The normalized spacial score (nSPS) is 12.4. The molecule has 0 saturated heterocycles. The average Bonchev–Trinajstić information content (AvgIpc) is 2.37. The van der Waals surface area contributed by atoms with Gasteiger partial charge in [-0.2, -0.15) is 0 Å². The molecule has 0 spiro atoms. The van der Waals surface area contributed by atoms with E-state index in [9.17, 15) is 4.39 Å². The molecule has 2 aromatic carbocycles. The zero-order valence-corrected chi connectivity index (χ0v) is 12.0. The van der Waals surface area contributed by atoms with Gasteiger partial charge in [0.15, 0.2) is 0 Å². The molecule has 0 fully saturated rings. The van der Waals surface area contributed by atoms with E-state index in [0.29, 0.717) is 16.6 Å². The van der Waals surface area contributed by atoms with E-state index in [1.54, 1.807) is 6.07 Å². The fourth-order valence-electron chi connectivity index (χ4n) is 1.82. The van der Waals surface area contributed by atoms with E-state index < -0.39 is 0 Å². The second kappa shape index (κ2) is 6.38. The van der Waals surface area contributed by atoms with E-state index in [0.717, 1.165) is 11.1 Å². The first-order valence-electron chi connectivity index (χ1n) is 5.99. The molecule has 0 radical (unpaired) electrons. The summed E-state index contributed by atoms with van der Waals surface area (Å²) in [7, 11) is 0. The second-order valence-corrected chi connectivity index (χ2v) is 5.24. The molecule has 1 N–H and O–H groups in total. The summed E-state index contributed by atoms with van der Waals surface area (Å²) in [4.78, 5) is 0. The lowest BCUT2D eigenvalue weighted by molar-refractivity contribution is 0.573. The third-order valence-corrected chi connectivity index (χ3v) is 3.55. The molecular weight excluding hydrogens is 284 g/mol. The van der Waals surface area contributed by atoms with Crippen LogP contribution in [0.2, 0.25) is 10.0 Å². The number of nitrogens with one attached hydrogen (secondary N) is 1. The fraction of sp³-hybridized carbons (Fsp3) is 0.200. The summed E-state index contributed by atoms with van der Waals surface area (Å²) in [5.41, 5.74) is 1.97. The molecule has 4 heteroatoms. The first-order chi connectivity index (χ1) is 9.06. The van der Waals surface area contributed by atoms with Gasteiger partial charge in [0, 0.05) is 22.6 Å². The third kappa shape index (κ3) is 3.93. The smallest absolute Gasteiger partial charge is 0.124 e. The Kier molecular flexibility index (Phi) is 4.81. The van der Waals surface area contributed by atoms with Crippen molar-refractivity contribution in [2.45, 2.75) is 19.5 Å². The lowest BCUT2D eigenvalue weighted by Gasteiger charge is -2.15. The van der Waals surface area contributed by atoms with E-state index >= 15 is 0 Å². The summed E-state index contributed by atoms with van der Waals surface area (Å²) in [5, 5.41) is 4.49. The maximum absolute atomic E-state index is 12.9. The van der Waals surface area contributed by atoms with Gasteiger partial charge in [0.1, 0.15) is 5.82 Å². The van der Waals surface area contributed by atoms with Crippen molar-refractivity contribution in [2.24, 2.45) is 0 Å². The molecule has 1 nitrogen and oxygen atoms in total. The van der Waals surface area contributed by atoms with Crippen molar-refractivity contribution in [1.29, 1.82) is 0 Å². The van der Waals surface area contributed by atoms with Crippen molar-refractivity contribution in [2.75, 3.05) is 0 Å². The van der Waals surface area contributed by atoms with E-state index in [1.807, 2.05) is 31.2 Å². The van der Waals surface area contributed by atoms with Gasteiger partial charge in [0.2, 0.25) is 0 Å². The molecule has 0 aliphatic rings. The van der Waals surface area contributed by atoms with Gasteiger partial charge < -0.3 is 5.32 Å². The molecule has 0 unspecified atom stereocenters. The Bertz CT molecular complexity index is 572. The van der Waals surface area contributed by atoms with E-state index in [4.69, 9.17) is 23.2 Å². The monoisotopic (exact) mass is 297 g/mol. The lowest BCUT2D eigenvalue weighted by atomic mass is 10.1. The summed E-state index contributed by atoms with van der Waals surface area (Å²) in [6.07, 6.45) is 0. The second-order valence-electron chi connectivity index (χ2n) is 4.39. The highest BCUT2D eigenvalue weighted by Crippen LogP contribution is 2.20. The summed E-state index contributed by atoms with van der Waals surface area (Å²) < 4.78 is 12.9. The van der Waals surface area contributed by atoms with Crippen LogP contribution in [0.5, 0.6) is 0 Å². The molecule has 0 bridgehead atoms. The Morgan fingerprint density at radius 2 is 1.95 bits per heavy atom. The van der Waals surface area contributed by atoms with Crippen molar-refractivity contribution in [1.82, 2.24) is 5.32 Å². The standard InChI is InChI=1S/C15H14Cl2FN/c1-10(11-3-2-4-13(16)7-11)19-9-12-5-6-14(18)8-15(12)17/h2-8,10,19H,9H2,1H3/t10-/m1/s1. The highest BCUT2D eigenvalue weighted by atomic mass is 35.5. The van der Waals surface area contributed by atoms with Crippen LogP contribution in [0.1, 0.15) is 24.1 Å². The van der Waals surface area contributed by atoms with Gasteiger partial charge >= 0.3 is 0 Å². The van der Waals surface area contributed by atoms with Crippen LogP contribution in [0, 0.1) is 5.82 Å². The quantitative estimate of drug-likeness (QED) is 0.839. The minimum atomic E-state index is -0.323. The molecule has 2 aromatic rings. The van der Waals surface area contributed by atoms with Crippen molar-refractivity contribution in [3.05, 3.63) is 69.5 Å². The van der Waals surface area contributed by atoms with Gasteiger partial charge in [-0.3, -0.25) is 0 Å². The van der Waals surface area contributed by atoms with Gasteiger partial charge in [0.05, 0.1) is 0 Å². The maximum atomic E-state index is 12.9. The van der Waals surface area contributed by atoms with Crippen LogP contribution < -0.4 is 5.32 Å².